The van der Waals surface area contributed by atoms with Crippen LogP contribution in [0.15, 0.2) is 54.9 Å². The molecule has 0 fully saturated rings. The maximum Gasteiger partial charge on any atom is 0.417 e. The van der Waals surface area contributed by atoms with Crippen molar-refractivity contribution < 1.29 is 18.0 Å². The molecular weight excluding hydrogens is 395 g/mol. The SMILES string of the molecule is Cc1cccnc1NC(=O)c1c(C)nn2ccc(-c3ccccc3C(F)(F)F)nc12. The molecule has 152 valence electrons. The van der Waals surface area contributed by atoms with Crippen LogP contribution in [0.25, 0.3) is 16.9 Å². The monoisotopic (exact) mass is 411 g/mol. The predicted octanol–water partition coefficient (Wildman–Crippen LogP) is 4.68. The third kappa shape index (κ3) is 3.49. The average molecular weight is 411 g/mol. The van der Waals surface area contributed by atoms with Gasteiger partial charge in [0.25, 0.3) is 5.91 Å². The Morgan fingerprint density at radius 2 is 1.83 bits per heavy atom. The number of carbonyl (C=O) groups is 1. The molecule has 0 aliphatic carbocycles. The number of aryl methyl sites for hydroxylation is 2. The lowest BCUT2D eigenvalue weighted by molar-refractivity contribution is -0.137. The van der Waals surface area contributed by atoms with Crippen molar-refractivity contribution in [3.05, 3.63) is 77.2 Å². The fourth-order valence-electron chi connectivity index (χ4n) is 3.20. The number of alkyl halides is 3. The minimum Gasteiger partial charge on any atom is -0.306 e. The minimum atomic E-state index is -4.53. The van der Waals surface area contributed by atoms with Crippen LogP contribution in [0.3, 0.4) is 0 Å². The van der Waals surface area contributed by atoms with Crippen molar-refractivity contribution in [1.29, 1.82) is 0 Å². The summed E-state index contributed by atoms with van der Waals surface area (Å²) in [4.78, 5) is 21.4. The van der Waals surface area contributed by atoms with Crippen molar-refractivity contribution in [1.82, 2.24) is 19.6 Å². The van der Waals surface area contributed by atoms with Crippen LogP contribution in [0.1, 0.15) is 27.2 Å². The van der Waals surface area contributed by atoms with Gasteiger partial charge in [-0.15, -0.1) is 0 Å². The highest BCUT2D eigenvalue weighted by molar-refractivity contribution is 6.09. The number of carbonyl (C=O) groups excluding carboxylic acids is 1. The van der Waals surface area contributed by atoms with E-state index in [2.05, 4.69) is 20.4 Å². The second-order valence-electron chi connectivity index (χ2n) is 6.71. The molecule has 0 saturated carbocycles. The van der Waals surface area contributed by atoms with Crippen LogP contribution >= 0.6 is 0 Å². The molecule has 0 unspecified atom stereocenters. The number of pyridine rings is 1. The number of anilines is 1. The summed E-state index contributed by atoms with van der Waals surface area (Å²) in [6, 6.07) is 10.2. The van der Waals surface area contributed by atoms with Crippen LogP contribution in [0.5, 0.6) is 0 Å². The maximum absolute atomic E-state index is 13.4. The molecule has 6 nitrogen and oxygen atoms in total. The Morgan fingerprint density at radius 1 is 1.07 bits per heavy atom. The van der Waals surface area contributed by atoms with Gasteiger partial charge in [0.05, 0.1) is 17.0 Å². The number of rotatable bonds is 3. The highest BCUT2D eigenvalue weighted by atomic mass is 19.4. The lowest BCUT2D eigenvalue weighted by atomic mass is 10.0. The molecule has 0 spiro atoms. The van der Waals surface area contributed by atoms with Gasteiger partial charge in [0.15, 0.2) is 5.65 Å². The predicted molar refractivity (Wildman–Crippen MR) is 105 cm³/mol. The Labute approximate surface area is 169 Å². The van der Waals surface area contributed by atoms with Crippen molar-refractivity contribution in [2.75, 3.05) is 5.32 Å². The Kier molecular flexibility index (Phi) is 4.73. The van der Waals surface area contributed by atoms with Crippen LogP contribution in [-0.2, 0) is 6.18 Å². The second kappa shape index (κ2) is 7.25. The summed E-state index contributed by atoms with van der Waals surface area (Å²) in [5.74, 6) is -0.0992. The van der Waals surface area contributed by atoms with Gasteiger partial charge in [-0.3, -0.25) is 4.79 Å². The number of benzene rings is 1. The van der Waals surface area contributed by atoms with Gasteiger partial charge in [-0.25, -0.2) is 14.5 Å². The van der Waals surface area contributed by atoms with E-state index in [1.807, 2.05) is 0 Å². The Morgan fingerprint density at radius 3 is 2.57 bits per heavy atom. The number of hydrogen-bond donors (Lipinski definition) is 1. The van der Waals surface area contributed by atoms with Crippen LogP contribution < -0.4 is 5.32 Å². The molecule has 30 heavy (non-hydrogen) atoms. The van der Waals surface area contributed by atoms with Gasteiger partial charge in [0.2, 0.25) is 0 Å². The van der Waals surface area contributed by atoms with E-state index < -0.39 is 17.6 Å². The number of aromatic nitrogens is 4. The second-order valence-corrected chi connectivity index (χ2v) is 6.71. The molecule has 0 aliphatic heterocycles. The lowest BCUT2D eigenvalue weighted by Crippen LogP contribution is -2.15. The summed E-state index contributed by atoms with van der Waals surface area (Å²) < 4.78 is 41.6. The van der Waals surface area contributed by atoms with Gasteiger partial charge < -0.3 is 5.32 Å². The molecule has 4 rings (SSSR count). The molecule has 0 saturated heterocycles. The summed E-state index contributed by atoms with van der Waals surface area (Å²) in [5.41, 5.74) is 0.729. The molecule has 0 bridgehead atoms. The van der Waals surface area contributed by atoms with E-state index in [4.69, 9.17) is 0 Å². The molecule has 1 N–H and O–H groups in total. The summed E-state index contributed by atoms with van der Waals surface area (Å²) in [6.07, 6.45) is -1.49. The minimum absolute atomic E-state index is 0.0710. The zero-order chi connectivity index (χ0) is 21.5. The van der Waals surface area contributed by atoms with Gasteiger partial charge in [0.1, 0.15) is 11.4 Å². The topological polar surface area (TPSA) is 72.2 Å². The number of fused-ring (bicyclic) bond motifs is 1. The average Bonchev–Trinajstić information content (AvgIpc) is 3.04. The number of halogens is 3. The molecule has 0 atom stereocenters. The quantitative estimate of drug-likeness (QED) is 0.531. The largest absolute Gasteiger partial charge is 0.417 e. The highest BCUT2D eigenvalue weighted by Gasteiger charge is 2.33. The van der Waals surface area contributed by atoms with Gasteiger partial charge in [-0.05, 0) is 37.6 Å². The molecule has 4 aromatic rings. The molecular formula is C21H16F3N5O. The first kappa shape index (κ1) is 19.6. The lowest BCUT2D eigenvalue weighted by Gasteiger charge is -2.12. The molecule has 0 aliphatic rings. The fourth-order valence-corrected chi connectivity index (χ4v) is 3.20. The van der Waals surface area contributed by atoms with E-state index in [9.17, 15) is 18.0 Å². The van der Waals surface area contributed by atoms with Gasteiger partial charge in [-0.1, -0.05) is 24.3 Å². The smallest absolute Gasteiger partial charge is 0.306 e. The summed E-state index contributed by atoms with van der Waals surface area (Å²) in [6.45, 7) is 3.44. The van der Waals surface area contributed by atoms with E-state index in [1.165, 1.54) is 35.0 Å². The standard InChI is InChI=1S/C21H16F3N5O/c1-12-6-5-10-25-18(12)27-20(30)17-13(2)28-29-11-9-16(26-19(17)29)14-7-3-4-8-15(14)21(22,23)24/h3-11H,1-2H3,(H,25,27,30). The summed E-state index contributed by atoms with van der Waals surface area (Å²) in [7, 11) is 0. The van der Waals surface area contributed by atoms with E-state index in [0.717, 1.165) is 11.6 Å². The van der Waals surface area contributed by atoms with Crippen molar-refractivity contribution in [2.45, 2.75) is 20.0 Å². The van der Waals surface area contributed by atoms with Gasteiger partial charge in [-0.2, -0.15) is 18.3 Å². The normalized spacial score (nSPS) is 11.6. The zero-order valence-corrected chi connectivity index (χ0v) is 16.0. The first-order valence-electron chi connectivity index (χ1n) is 9.01. The van der Waals surface area contributed by atoms with Gasteiger partial charge in [0, 0.05) is 18.0 Å². The van der Waals surface area contributed by atoms with E-state index >= 15 is 0 Å². The van der Waals surface area contributed by atoms with Crippen molar-refractivity contribution in [3.8, 4) is 11.3 Å². The van der Waals surface area contributed by atoms with E-state index in [-0.39, 0.29) is 22.5 Å². The number of nitrogens with zero attached hydrogens (tertiary/aromatic N) is 4. The molecule has 3 aromatic heterocycles. The molecule has 1 aromatic carbocycles. The number of hydrogen-bond acceptors (Lipinski definition) is 4. The van der Waals surface area contributed by atoms with Crippen molar-refractivity contribution in [2.24, 2.45) is 0 Å². The molecule has 9 heteroatoms. The Hall–Kier alpha value is -3.75. The Balaban J connectivity index is 1.82. The third-order valence-corrected chi connectivity index (χ3v) is 4.64. The number of nitrogens with one attached hydrogen (secondary N) is 1. The maximum atomic E-state index is 13.4. The fraction of sp³-hybridized carbons (Fsp3) is 0.143. The van der Waals surface area contributed by atoms with Crippen LogP contribution in [0, 0.1) is 13.8 Å². The molecule has 1 amide bonds. The van der Waals surface area contributed by atoms with E-state index in [1.54, 1.807) is 32.2 Å². The van der Waals surface area contributed by atoms with Crippen LogP contribution in [0.2, 0.25) is 0 Å². The zero-order valence-electron chi connectivity index (χ0n) is 16.0. The third-order valence-electron chi connectivity index (χ3n) is 4.64. The van der Waals surface area contributed by atoms with Crippen molar-refractivity contribution >= 4 is 17.4 Å². The summed E-state index contributed by atoms with van der Waals surface area (Å²) >= 11 is 0. The first-order valence-corrected chi connectivity index (χ1v) is 9.01. The van der Waals surface area contributed by atoms with Crippen LogP contribution in [-0.4, -0.2) is 25.5 Å². The Bertz CT molecular complexity index is 1260. The van der Waals surface area contributed by atoms with Crippen molar-refractivity contribution in [3.63, 3.8) is 0 Å². The molecule has 3 heterocycles. The highest BCUT2D eigenvalue weighted by Crippen LogP contribution is 2.36. The molecule has 0 radical (unpaired) electrons. The van der Waals surface area contributed by atoms with E-state index in [0.29, 0.717) is 11.5 Å². The van der Waals surface area contributed by atoms with Crippen LogP contribution in [0.4, 0.5) is 19.0 Å². The summed E-state index contributed by atoms with van der Waals surface area (Å²) in [5, 5.41) is 6.97. The first-order chi connectivity index (χ1) is 14.3. The van der Waals surface area contributed by atoms with Gasteiger partial charge >= 0.3 is 6.18 Å². The number of amides is 1.